The molecule has 2 aromatic rings. The van der Waals surface area contributed by atoms with Crippen LogP contribution in [0.15, 0.2) is 36.7 Å². The van der Waals surface area contributed by atoms with E-state index in [1.165, 1.54) is 16.7 Å². The number of nitrogens with one attached hydrogen (secondary N) is 1. The second-order valence-electron chi connectivity index (χ2n) is 4.68. The fourth-order valence-corrected chi connectivity index (χ4v) is 2.19. The summed E-state index contributed by atoms with van der Waals surface area (Å²) >= 11 is 0. The van der Waals surface area contributed by atoms with Gasteiger partial charge in [-0.05, 0) is 48.6 Å². The van der Waals surface area contributed by atoms with E-state index in [2.05, 4.69) is 48.5 Å². The van der Waals surface area contributed by atoms with Crippen LogP contribution in [0.5, 0.6) is 0 Å². The van der Waals surface area contributed by atoms with E-state index in [0.717, 1.165) is 11.1 Å². The molecule has 0 aliphatic carbocycles. The van der Waals surface area contributed by atoms with Crippen molar-refractivity contribution in [2.24, 2.45) is 5.84 Å². The number of nitrogens with two attached hydrogens (primary N) is 1. The quantitative estimate of drug-likeness (QED) is 0.641. The van der Waals surface area contributed by atoms with Crippen LogP contribution in [0.4, 0.5) is 0 Å². The minimum absolute atomic E-state index is 0.0164. The maximum Gasteiger partial charge on any atom is 0.0727 e. The fourth-order valence-electron chi connectivity index (χ4n) is 2.19. The summed E-state index contributed by atoms with van der Waals surface area (Å²) in [6.07, 6.45) is 3.71. The number of hydrogen-bond donors (Lipinski definition) is 2. The Kier molecular flexibility index (Phi) is 3.75. The highest BCUT2D eigenvalue weighted by atomic mass is 15.2. The molecule has 0 spiro atoms. The third kappa shape index (κ3) is 2.42. The molecule has 2 rings (SSSR count). The molecule has 1 aromatic carbocycles. The topological polar surface area (TPSA) is 50.9 Å². The van der Waals surface area contributed by atoms with Crippen molar-refractivity contribution in [1.29, 1.82) is 0 Å². The van der Waals surface area contributed by atoms with Gasteiger partial charge in [0, 0.05) is 12.4 Å². The van der Waals surface area contributed by atoms with Crippen LogP contribution in [0.25, 0.3) is 0 Å². The number of aromatic nitrogens is 1. The molecule has 1 aromatic heterocycles. The van der Waals surface area contributed by atoms with E-state index in [4.69, 9.17) is 5.84 Å². The zero-order valence-electron chi connectivity index (χ0n) is 11.1. The first-order chi connectivity index (χ1) is 8.63. The van der Waals surface area contributed by atoms with Gasteiger partial charge < -0.3 is 0 Å². The zero-order valence-corrected chi connectivity index (χ0v) is 11.1. The second kappa shape index (κ2) is 5.29. The lowest BCUT2D eigenvalue weighted by atomic mass is 9.93. The van der Waals surface area contributed by atoms with Crippen molar-refractivity contribution >= 4 is 0 Å². The van der Waals surface area contributed by atoms with Gasteiger partial charge in [0.1, 0.15) is 0 Å². The maximum absolute atomic E-state index is 5.73. The molecule has 1 atom stereocenters. The molecule has 0 saturated carbocycles. The van der Waals surface area contributed by atoms with Crippen molar-refractivity contribution in [2.75, 3.05) is 0 Å². The molecular formula is C15H19N3. The highest BCUT2D eigenvalue weighted by Gasteiger charge is 2.15. The smallest absolute Gasteiger partial charge is 0.0727 e. The Bertz CT molecular complexity index is 549. The molecule has 3 heteroatoms. The standard InChI is InChI=1S/C15H19N3/c1-10-7-13(9-17-8-10)15(18-16)14-6-4-5-11(2)12(14)3/h4-9,15,18H,16H2,1-3H3. The van der Waals surface area contributed by atoms with Gasteiger partial charge >= 0.3 is 0 Å². The van der Waals surface area contributed by atoms with Crippen LogP contribution in [0.1, 0.15) is 33.9 Å². The predicted octanol–water partition coefficient (Wildman–Crippen LogP) is 2.56. The maximum atomic E-state index is 5.73. The van der Waals surface area contributed by atoms with E-state index >= 15 is 0 Å². The molecule has 3 nitrogen and oxygen atoms in total. The lowest BCUT2D eigenvalue weighted by molar-refractivity contribution is 0.630. The summed E-state index contributed by atoms with van der Waals surface area (Å²) < 4.78 is 0. The van der Waals surface area contributed by atoms with Crippen LogP contribution >= 0.6 is 0 Å². The van der Waals surface area contributed by atoms with Crippen molar-refractivity contribution in [2.45, 2.75) is 26.8 Å². The molecule has 0 saturated heterocycles. The molecule has 0 amide bonds. The van der Waals surface area contributed by atoms with Crippen LogP contribution in [0, 0.1) is 20.8 Å². The van der Waals surface area contributed by atoms with Crippen LogP contribution in [-0.2, 0) is 0 Å². The van der Waals surface area contributed by atoms with E-state index in [0.29, 0.717) is 0 Å². The Balaban J connectivity index is 2.49. The molecule has 0 bridgehead atoms. The number of nitrogens with zero attached hydrogens (tertiary/aromatic N) is 1. The van der Waals surface area contributed by atoms with E-state index in [1.54, 1.807) is 0 Å². The molecule has 0 aliphatic heterocycles. The summed E-state index contributed by atoms with van der Waals surface area (Å²) in [6, 6.07) is 8.37. The Labute approximate surface area is 108 Å². The van der Waals surface area contributed by atoms with E-state index in [-0.39, 0.29) is 6.04 Å². The Morgan fingerprint density at radius 3 is 2.61 bits per heavy atom. The van der Waals surface area contributed by atoms with Gasteiger partial charge in [0.2, 0.25) is 0 Å². The molecule has 3 N–H and O–H groups in total. The molecule has 1 heterocycles. The largest absolute Gasteiger partial charge is 0.271 e. The predicted molar refractivity (Wildman–Crippen MR) is 74.1 cm³/mol. The third-order valence-corrected chi connectivity index (χ3v) is 3.35. The van der Waals surface area contributed by atoms with Crippen LogP contribution in [0.3, 0.4) is 0 Å². The first-order valence-corrected chi connectivity index (χ1v) is 6.07. The van der Waals surface area contributed by atoms with Crippen molar-refractivity contribution in [3.05, 3.63) is 64.5 Å². The monoisotopic (exact) mass is 241 g/mol. The highest BCUT2D eigenvalue weighted by molar-refractivity contribution is 5.40. The summed E-state index contributed by atoms with van der Waals surface area (Å²) in [6.45, 7) is 6.27. The van der Waals surface area contributed by atoms with Gasteiger partial charge in [0.05, 0.1) is 6.04 Å². The Morgan fingerprint density at radius 2 is 1.94 bits per heavy atom. The average molecular weight is 241 g/mol. The Morgan fingerprint density at radius 1 is 1.17 bits per heavy atom. The van der Waals surface area contributed by atoms with Gasteiger partial charge in [-0.3, -0.25) is 10.8 Å². The molecule has 94 valence electrons. The summed E-state index contributed by atoms with van der Waals surface area (Å²) in [5.41, 5.74) is 8.85. The molecule has 0 radical (unpaired) electrons. The summed E-state index contributed by atoms with van der Waals surface area (Å²) in [5.74, 6) is 5.73. The molecule has 18 heavy (non-hydrogen) atoms. The van der Waals surface area contributed by atoms with Gasteiger partial charge in [0.15, 0.2) is 0 Å². The van der Waals surface area contributed by atoms with Crippen molar-refractivity contribution < 1.29 is 0 Å². The minimum Gasteiger partial charge on any atom is -0.271 e. The van der Waals surface area contributed by atoms with Crippen LogP contribution < -0.4 is 11.3 Å². The number of aryl methyl sites for hydroxylation is 2. The second-order valence-corrected chi connectivity index (χ2v) is 4.68. The lowest BCUT2D eigenvalue weighted by Crippen LogP contribution is -2.29. The van der Waals surface area contributed by atoms with Crippen molar-refractivity contribution in [1.82, 2.24) is 10.4 Å². The molecule has 0 fully saturated rings. The van der Waals surface area contributed by atoms with Gasteiger partial charge in [-0.25, -0.2) is 5.43 Å². The Hall–Kier alpha value is -1.71. The first kappa shape index (κ1) is 12.7. The first-order valence-electron chi connectivity index (χ1n) is 6.07. The lowest BCUT2D eigenvalue weighted by Gasteiger charge is -2.20. The van der Waals surface area contributed by atoms with Crippen molar-refractivity contribution in [3.63, 3.8) is 0 Å². The van der Waals surface area contributed by atoms with E-state index in [1.807, 2.05) is 19.3 Å². The number of benzene rings is 1. The fraction of sp³-hybridized carbons (Fsp3) is 0.267. The SMILES string of the molecule is Cc1cncc(C(NN)c2cccc(C)c2C)c1. The summed E-state index contributed by atoms with van der Waals surface area (Å²) in [4.78, 5) is 4.24. The number of hydrazine groups is 1. The summed E-state index contributed by atoms with van der Waals surface area (Å²) in [5, 5.41) is 0. The highest BCUT2D eigenvalue weighted by Crippen LogP contribution is 2.25. The van der Waals surface area contributed by atoms with Gasteiger partial charge in [-0.2, -0.15) is 0 Å². The van der Waals surface area contributed by atoms with E-state index in [9.17, 15) is 0 Å². The normalized spacial score (nSPS) is 12.4. The molecular weight excluding hydrogens is 222 g/mol. The number of hydrogen-bond acceptors (Lipinski definition) is 3. The third-order valence-electron chi connectivity index (χ3n) is 3.35. The van der Waals surface area contributed by atoms with E-state index < -0.39 is 0 Å². The average Bonchev–Trinajstić information content (AvgIpc) is 2.35. The van der Waals surface area contributed by atoms with Crippen LogP contribution in [-0.4, -0.2) is 4.98 Å². The molecule has 1 unspecified atom stereocenters. The number of pyridine rings is 1. The van der Waals surface area contributed by atoms with Gasteiger partial charge in [-0.15, -0.1) is 0 Å². The van der Waals surface area contributed by atoms with Gasteiger partial charge in [0.25, 0.3) is 0 Å². The minimum atomic E-state index is -0.0164. The van der Waals surface area contributed by atoms with Crippen LogP contribution in [0.2, 0.25) is 0 Å². The molecule has 0 aliphatic rings. The van der Waals surface area contributed by atoms with Gasteiger partial charge in [-0.1, -0.05) is 24.3 Å². The number of rotatable bonds is 3. The zero-order chi connectivity index (χ0) is 13.1. The van der Waals surface area contributed by atoms with Crippen molar-refractivity contribution in [3.8, 4) is 0 Å². The summed E-state index contributed by atoms with van der Waals surface area (Å²) in [7, 11) is 0.